The topological polar surface area (TPSA) is 18.5 Å². The van der Waals surface area contributed by atoms with E-state index in [0.29, 0.717) is 0 Å². The minimum Gasteiger partial charge on any atom is -0.461 e. The van der Waals surface area contributed by atoms with E-state index in [9.17, 15) is 17.6 Å². The van der Waals surface area contributed by atoms with Crippen molar-refractivity contribution in [3.05, 3.63) is 12.0 Å². The van der Waals surface area contributed by atoms with Crippen molar-refractivity contribution in [1.29, 1.82) is 0 Å². The molecule has 0 bridgehead atoms. The molecule has 0 radical (unpaired) electrons. The summed E-state index contributed by atoms with van der Waals surface area (Å²) >= 11 is 0. The Labute approximate surface area is 59.4 Å². The van der Waals surface area contributed by atoms with E-state index in [-0.39, 0.29) is 0 Å². The maximum atomic E-state index is 12.1. The third-order valence-electron chi connectivity index (χ3n) is 1.02. The van der Waals surface area contributed by atoms with E-state index in [1.54, 1.807) is 0 Å². The second kappa shape index (κ2) is 2.60. The molecule has 0 atom stereocenters. The van der Waals surface area contributed by atoms with Gasteiger partial charge in [0.1, 0.15) is 6.61 Å². The molecule has 11 heavy (non-hydrogen) atoms. The Morgan fingerprint density at radius 1 is 1.36 bits per heavy atom. The van der Waals surface area contributed by atoms with Crippen molar-refractivity contribution in [2.45, 2.75) is 12.5 Å². The molecule has 1 heterocycles. The monoisotopic (exact) mass is 172 g/mol. The normalized spacial score (nSPS) is 22.0. The van der Waals surface area contributed by atoms with Crippen LogP contribution in [0.4, 0.5) is 17.6 Å². The van der Waals surface area contributed by atoms with Gasteiger partial charge in [0.05, 0.1) is 6.42 Å². The van der Waals surface area contributed by atoms with Gasteiger partial charge < -0.3 is 9.47 Å². The van der Waals surface area contributed by atoms with Crippen molar-refractivity contribution < 1.29 is 27.0 Å². The van der Waals surface area contributed by atoms with Crippen molar-refractivity contribution in [2.75, 3.05) is 6.61 Å². The molecule has 0 spiro atoms. The number of hydrogen-bond donors (Lipinski definition) is 0. The van der Waals surface area contributed by atoms with Gasteiger partial charge in [-0.1, -0.05) is 0 Å². The fourth-order valence-electron chi connectivity index (χ4n) is 0.572. The zero-order chi connectivity index (χ0) is 8.48. The van der Waals surface area contributed by atoms with E-state index in [1.807, 2.05) is 0 Å². The highest BCUT2D eigenvalue weighted by Gasteiger charge is 2.38. The summed E-state index contributed by atoms with van der Waals surface area (Å²) < 4.78 is 55.0. The summed E-state index contributed by atoms with van der Waals surface area (Å²) in [4.78, 5) is 0. The molecule has 0 aliphatic carbocycles. The van der Waals surface area contributed by atoms with Crippen molar-refractivity contribution in [3.8, 4) is 0 Å². The molecule has 1 saturated heterocycles. The smallest absolute Gasteiger partial charge is 0.403 e. The number of alkyl halides is 2. The van der Waals surface area contributed by atoms with Crippen LogP contribution >= 0.6 is 0 Å². The second-order valence-corrected chi connectivity index (χ2v) is 1.89. The van der Waals surface area contributed by atoms with Crippen LogP contribution in [0.3, 0.4) is 0 Å². The van der Waals surface area contributed by atoms with E-state index in [1.165, 1.54) is 0 Å². The van der Waals surface area contributed by atoms with E-state index >= 15 is 0 Å². The Bertz CT molecular complexity index is 185. The first-order valence-corrected chi connectivity index (χ1v) is 2.76. The van der Waals surface area contributed by atoms with Gasteiger partial charge in [-0.05, 0) is 0 Å². The van der Waals surface area contributed by atoms with Crippen LogP contribution in [0.2, 0.25) is 0 Å². The Morgan fingerprint density at radius 3 is 2.36 bits per heavy atom. The lowest BCUT2D eigenvalue weighted by molar-refractivity contribution is -0.278. The highest BCUT2D eigenvalue weighted by atomic mass is 19.3. The van der Waals surface area contributed by atoms with Gasteiger partial charge in [0.25, 0.3) is 0 Å². The maximum Gasteiger partial charge on any atom is 0.403 e. The molecule has 64 valence electrons. The zero-order valence-electron chi connectivity index (χ0n) is 5.24. The SMILES string of the molecule is FC(F)=C1OCCC(F)(F)O1. The summed E-state index contributed by atoms with van der Waals surface area (Å²) in [7, 11) is 0. The molecule has 1 aliphatic rings. The van der Waals surface area contributed by atoms with Crippen LogP contribution in [0.5, 0.6) is 0 Å². The summed E-state index contributed by atoms with van der Waals surface area (Å²) in [6, 6.07) is 0. The Morgan fingerprint density at radius 2 is 2.00 bits per heavy atom. The van der Waals surface area contributed by atoms with Crippen LogP contribution in [0.25, 0.3) is 0 Å². The van der Waals surface area contributed by atoms with Gasteiger partial charge in [0.2, 0.25) is 0 Å². The van der Waals surface area contributed by atoms with Crippen molar-refractivity contribution in [1.82, 2.24) is 0 Å². The van der Waals surface area contributed by atoms with Crippen LogP contribution in [-0.2, 0) is 9.47 Å². The highest BCUT2D eigenvalue weighted by Crippen LogP contribution is 2.30. The number of halogens is 4. The second-order valence-electron chi connectivity index (χ2n) is 1.89. The lowest BCUT2D eigenvalue weighted by Gasteiger charge is -2.23. The first-order valence-electron chi connectivity index (χ1n) is 2.76. The van der Waals surface area contributed by atoms with Gasteiger partial charge in [0.15, 0.2) is 0 Å². The summed E-state index contributed by atoms with van der Waals surface area (Å²) in [5, 5.41) is 0. The highest BCUT2D eigenvalue weighted by molar-refractivity contribution is 4.86. The lowest BCUT2D eigenvalue weighted by atomic mass is 10.4. The van der Waals surface area contributed by atoms with Gasteiger partial charge >= 0.3 is 18.1 Å². The van der Waals surface area contributed by atoms with Crippen LogP contribution in [0.15, 0.2) is 12.0 Å². The standard InChI is InChI=1S/C5H4F4O2/c6-3(7)4-10-2-1-5(8,9)11-4/h1-2H2. The fourth-order valence-corrected chi connectivity index (χ4v) is 0.572. The van der Waals surface area contributed by atoms with E-state index < -0.39 is 31.2 Å². The first kappa shape index (κ1) is 8.16. The maximum absolute atomic E-state index is 12.1. The van der Waals surface area contributed by atoms with Crippen molar-refractivity contribution in [2.24, 2.45) is 0 Å². The third kappa shape index (κ3) is 1.99. The molecular weight excluding hydrogens is 168 g/mol. The third-order valence-corrected chi connectivity index (χ3v) is 1.02. The largest absolute Gasteiger partial charge is 0.461 e. The predicted molar refractivity (Wildman–Crippen MR) is 25.8 cm³/mol. The molecule has 1 fully saturated rings. The molecule has 0 amide bonds. The van der Waals surface area contributed by atoms with E-state index in [0.717, 1.165) is 0 Å². The first-order chi connectivity index (χ1) is 5.01. The summed E-state index contributed by atoms with van der Waals surface area (Å²) in [6.07, 6.45) is -6.61. The zero-order valence-corrected chi connectivity index (χ0v) is 5.24. The molecule has 0 aromatic carbocycles. The molecule has 0 N–H and O–H groups in total. The van der Waals surface area contributed by atoms with Crippen LogP contribution in [0.1, 0.15) is 6.42 Å². The Balaban J connectivity index is 2.68. The lowest BCUT2D eigenvalue weighted by Crippen LogP contribution is -2.28. The Kier molecular flexibility index (Phi) is 1.92. The number of ether oxygens (including phenoxy) is 2. The Hall–Kier alpha value is -0.940. The van der Waals surface area contributed by atoms with Crippen LogP contribution in [0, 0.1) is 0 Å². The minimum absolute atomic E-state index is 0.459. The predicted octanol–water partition coefficient (Wildman–Crippen LogP) is 2.08. The number of hydrogen-bond acceptors (Lipinski definition) is 2. The van der Waals surface area contributed by atoms with Crippen LogP contribution in [-0.4, -0.2) is 12.7 Å². The molecule has 1 aliphatic heterocycles. The summed E-state index contributed by atoms with van der Waals surface area (Å²) in [6.45, 7) is -0.459. The minimum atomic E-state index is -3.53. The van der Waals surface area contributed by atoms with Gasteiger partial charge in [-0.25, -0.2) is 0 Å². The van der Waals surface area contributed by atoms with E-state index in [2.05, 4.69) is 9.47 Å². The molecule has 6 heteroatoms. The van der Waals surface area contributed by atoms with Crippen LogP contribution < -0.4 is 0 Å². The molecule has 2 nitrogen and oxygen atoms in total. The molecular formula is C5H4F4O2. The molecule has 0 saturated carbocycles. The average Bonchev–Trinajstić information content (AvgIpc) is 1.85. The van der Waals surface area contributed by atoms with Gasteiger partial charge in [0, 0.05) is 0 Å². The fraction of sp³-hybridized carbons (Fsp3) is 0.600. The van der Waals surface area contributed by atoms with Gasteiger partial charge in [-0.2, -0.15) is 17.6 Å². The molecule has 0 aromatic rings. The summed E-state index contributed by atoms with van der Waals surface area (Å²) in [5.41, 5.74) is 0. The van der Waals surface area contributed by atoms with Crippen molar-refractivity contribution in [3.63, 3.8) is 0 Å². The quantitative estimate of drug-likeness (QED) is 0.521. The van der Waals surface area contributed by atoms with Crippen molar-refractivity contribution >= 4 is 0 Å². The summed E-state index contributed by atoms with van der Waals surface area (Å²) in [5.74, 6) is -1.37. The molecule has 0 unspecified atom stereocenters. The van der Waals surface area contributed by atoms with E-state index in [4.69, 9.17) is 0 Å². The molecule has 1 rings (SSSR count). The average molecular weight is 172 g/mol. The molecule has 0 aromatic heterocycles. The van der Waals surface area contributed by atoms with Gasteiger partial charge in [-0.15, -0.1) is 0 Å². The van der Waals surface area contributed by atoms with Gasteiger partial charge in [-0.3, -0.25) is 0 Å². The number of rotatable bonds is 0.